The largest absolute Gasteiger partial charge is 0.491 e. The molecule has 0 aliphatic heterocycles. The third-order valence-corrected chi connectivity index (χ3v) is 2.58. The molecular weight excluding hydrogens is 249 g/mol. The van der Waals surface area contributed by atoms with E-state index in [0.29, 0.717) is 18.9 Å². The van der Waals surface area contributed by atoms with Gasteiger partial charge in [-0.05, 0) is 38.1 Å². The standard InChI is InChI=1S/C14H22FNO3/c1-14(2,10-18-3)16-8-12(17)9-19-13-6-4-11(15)5-7-13/h4-7,12,16-17H,8-10H2,1-3H3. The average Bonchev–Trinajstić information content (AvgIpc) is 2.36. The Morgan fingerprint density at radius 3 is 2.53 bits per heavy atom. The van der Waals surface area contributed by atoms with Crippen LogP contribution >= 0.6 is 0 Å². The molecule has 1 atom stereocenters. The Hall–Kier alpha value is -1.17. The summed E-state index contributed by atoms with van der Waals surface area (Å²) in [6.07, 6.45) is -0.638. The summed E-state index contributed by atoms with van der Waals surface area (Å²) in [5.41, 5.74) is -0.203. The van der Waals surface area contributed by atoms with Gasteiger partial charge >= 0.3 is 0 Å². The zero-order valence-electron chi connectivity index (χ0n) is 11.6. The molecule has 2 N–H and O–H groups in total. The van der Waals surface area contributed by atoms with E-state index in [1.807, 2.05) is 13.8 Å². The minimum absolute atomic E-state index is 0.154. The van der Waals surface area contributed by atoms with Gasteiger partial charge in [-0.1, -0.05) is 0 Å². The number of aliphatic hydroxyl groups excluding tert-OH is 1. The Morgan fingerprint density at radius 1 is 1.32 bits per heavy atom. The van der Waals surface area contributed by atoms with Gasteiger partial charge in [-0.3, -0.25) is 0 Å². The summed E-state index contributed by atoms with van der Waals surface area (Å²) in [7, 11) is 1.64. The maximum absolute atomic E-state index is 12.7. The first-order valence-electron chi connectivity index (χ1n) is 6.23. The van der Waals surface area contributed by atoms with Gasteiger partial charge in [0.25, 0.3) is 0 Å². The van der Waals surface area contributed by atoms with E-state index in [2.05, 4.69) is 5.32 Å². The molecular formula is C14H22FNO3. The predicted molar refractivity (Wildman–Crippen MR) is 71.9 cm³/mol. The third-order valence-electron chi connectivity index (χ3n) is 2.58. The normalized spacial score (nSPS) is 13.3. The van der Waals surface area contributed by atoms with Gasteiger partial charge in [0.2, 0.25) is 0 Å². The van der Waals surface area contributed by atoms with Crippen molar-refractivity contribution in [3.63, 3.8) is 0 Å². The molecule has 108 valence electrons. The van der Waals surface area contributed by atoms with Gasteiger partial charge in [-0.2, -0.15) is 0 Å². The van der Waals surface area contributed by atoms with Gasteiger partial charge < -0.3 is 19.9 Å². The van der Waals surface area contributed by atoms with Crippen molar-refractivity contribution in [2.75, 3.05) is 26.9 Å². The first-order valence-corrected chi connectivity index (χ1v) is 6.23. The summed E-state index contributed by atoms with van der Waals surface area (Å²) in [6, 6.07) is 5.71. The molecule has 0 saturated heterocycles. The lowest BCUT2D eigenvalue weighted by Gasteiger charge is -2.26. The molecule has 5 heteroatoms. The van der Waals surface area contributed by atoms with E-state index in [-0.39, 0.29) is 18.0 Å². The number of nitrogens with one attached hydrogen (secondary N) is 1. The van der Waals surface area contributed by atoms with E-state index in [1.54, 1.807) is 7.11 Å². The number of methoxy groups -OCH3 is 1. The number of rotatable bonds is 8. The quantitative estimate of drug-likeness (QED) is 0.754. The van der Waals surface area contributed by atoms with Crippen LogP contribution in [0.4, 0.5) is 4.39 Å². The Bertz CT molecular complexity index is 367. The molecule has 0 aliphatic carbocycles. The van der Waals surface area contributed by atoms with Crippen LogP contribution in [-0.4, -0.2) is 43.6 Å². The number of benzene rings is 1. The maximum atomic E-state index is 12.7. The van der Waals surface area contributed by atoms with Crippen LogP contribution in [0.2, 0.25) is 0 Å². The van der Waals surface area contributed by atoms with Crippen molar-refractivity contribution in [3.8, 4) is 5.75 Å². The van der Waals surface area contributed by atoms with Crippen molar-refractivity contribution >= 4 is 0 Å². The van der Waals surface area contributed by atoms with Crippen molar-refractivity contribution in [2.24, 2.45) is 0 Å². The lowest BCUT2D eigenvalue weighted by molar-refractivity contribution is 0.0813. The Balaban J connectivity index is 2.28. The highest BCUT2D eigenvalue weighted by Crippen LogP contribution is 2.11. The van der Waals surface area contributed by atoms with Crippen LogP contribution in [0, 0.1) is 5.82 Å². The lowest BCUT2D eigenvalue weighted by atomic mass is 10.1. The number of halogens is 1. The SMILES string of the molecule is COCC(C)(C)NCC(O)COc1ccc(F)cc1. The fourth-order valence-electron chi connectivity index (χ4n) is 1.59. The maximum Gasteiger partial charge on any atom is 0.123 e. The summed E-state index contributed by atoms with van der Waals surface area (Å²) in [5, 5.41) is 13.0. The van der Waals surface area contributed by atoms with Gasteiger partial charge in [-0.25, -0.2) is 4.39 Å². The van der Waals surface area contributed by atoms with Gasteiger partial charge in [-0.15, -0.1) is 0 Å². The Morgan fingerprint density at radius 2 is 1.95 bits per heavy atom. The van der Waals surface area contributed by atoms with Gasteiger partial charge in [0, 0.05) is 19.2 Å². The van der Waals surface area contributed by atoms with E-state index in [0.717, 1.165) is 0 Å². The molecule has 0 fully saturated rings. The second-order valence-corrected chi connectivity index (χ2v) is 5.12. The monoisotopic (exact) mass is 271 g/mol. The van der Waals surface area contributed by atoms with E-state index >= 15 is 0 Å². The number of β-amino-alcohol motifs (C(OH)–C–C–N with tert-alkyl or cyclic N) is 1. The molecule has 19 heavy (non-hydrogen) atoms. The summed E-state index contributed by atoms with van der Waals surface area (Å²) >= 11 is 0. The fraction of sp³-hybridized carbons (Fsp3) is 0.571. The molecule has 0 saturated carbocycles. The zero-order chi connectivity index (χ0) is 14.3. The molecule has 1 aromatic carbocycles. The first-order chi connectivity index (χ1) is 8.93. The molecule has 0 radical (unpaired) electrons. The van der Waals surface area contributed by atoms with E-state index < -0.39 is 6.10 Å². The highest BCUT2D eigenvalue weighted by molar-refractivity contribution is 5.22. The minimum atomic E-state index is -0.638. The zero-order valence-corrected chi connectivity index (χ0v) is 11.6. The molecule has 0 bridgehead atoms. The lowest BCUT2D eigenvalue weighted by Crippen LogP contribution is -2.47. The molecule has 1 unspecified atom stereocenters. The summed E-state index contributed by atoms with van der Waals surface area (Å²) in [6.45, 7) is 5.09. The highest BCUT2D eigenvalue weighted by Gasteiger charge is 2.18. The Kier molecular flexibility index (Phi) is 6.21. The molecule has 0 aromatic heterocycles. The number of hydrogen-bond acceptors (Lipinski definition) is 4. The van der Waals surface area contributed by atoms with Crippen LogP contribution in [0.25, 0.3) is 0 Å². The highest BCUT2D eigenvalue weighted by atomic mass is 19.1. The summed E-state index contributed by atoms with van der Waals surface area (Å²) in [5.74, 6) is 0.229. The molecule has 0 amide bonds. The summed E-state index contributed by atoms with van der Waals surface area (Å²) < 4.78 is 23.1. The van der Waals surface area contributed by atoms with Gasteiger partial charge in [0.1, 0.15) is 24.3 Å². The van der Waals surface area contributed by atoms with Crippen molar-refractivity contribution in [1.29, 1.82) is 0 Å². The van der Waals surface area contributed by atoms with E-state index in [9.17, 15) is 9.50 Å². The van der Waals surface area contributed by atoms with Crippen molar-refractivity contribution in [2.45, 2.75) is 25.5 Å². The molecule has 1 aromatic rings. The molecule has 4 nitrogen and oxygen atoms in total. The van der Waals surface area contributed by atoms with Crippen LogP contribution in [0.1, 0.15) is 13.8 Å². The van der Waals surface area contributed by atoms with Crippen LogP contribution in [0.5, 0.6) is 5.75 Å². The molecule has 0 aliphatic rings. The molecule has 0 heterocycles. The van der Waals surface area contributed by atoms with Crippen molar-refractivity contribution < 1.29 is 19.0 Å². The van der Waals surface area contributed by atoms with Gasteiger partial charge in [0.05, 0.1) is 6.61 Å². The first kappa shape index (κ1) is 15.9. The second kappa shape index (κ2) is 7.43. The van der Waals surface area contributed by atoms with Crippen LogP contribution in [0.15, 0.2) is 24.3 Å². The summed E-state index contributed by atoms with van der Waals surface area (Å²) in [4.78, 5) is 0. The smallest absolute Gasteiger partial charge is 0.123 e. The Labute approximate surface area is 113 Å². The van der Waals surface area contributed by atoms with Crippen LogP contribution in [0.3, 0.4) is 0 Å². The third kappa shape index (κ3) is 6.52. The van der Waals surface area contributed by atoms with Crippen LogP contribution < -0.4 is 10.1 Å². The second-order valence-electron chi connectivity index (χ2n) is 5.12. The predicted octanol–water partition coefficient (Wildman–Crippen LogP) is 1.58. The van der Waals surface area contributed by atoms with Gasteiger partial charge in [0.15, 0.2) is 0 Å². The molecule has 1 rings (SSSR count). The topological polar surface area (TPSA) is 50.7 Å². The van der Waals surface area contributed by atoms with E-state index in [1.165, 1.54) is 24.3 Å². The number of ether oxygens (including phenoxy) is 2. The molecule has 0 spiro atoms. The average molecular weight is 271 g/mol. The number of aliphatic hydroxyl groups is 1. The van der Waals surface area contributed by atoms with Crippen LogP contribution in [-0.2, 0) is 4.74 Å². The fourth-order valence-corrected chi connectivity index (χ4v) is 1.59. The van der Waals surface area contributed by atoms with E-state index in [4.69, 9.17) is 9.47 Å². The van der Waals surface area contributed by atoms with Crippen molar-refractivity contribution in [3.05, 3.63) is 30.1 Å². The minimum Gasteiger partial charge on any atom is -0.491 e. The number of hydrogen-bond donors (Lipinski definition) is 2. The van der Waals surface area contributed by atoms with Crippen molar-refractivity contribution in [1.82, 2.24) is 5.32 Å².